The zero-order valence-electron chi connectivity index (χ0n) is 13.3. The van der Waals surface area contributed by atoms with E-state index < -0.39 is 11.7 Å². The van der Waals surface area contributed by atoms with E-state index in [1.54, 1.807) is 13.3 Å². The summed E-state index contributed by atoms with van der Waals surface area (Å²) in [7, 11) is 1.56. The highest BCUT2D eigenvalue weighted by molar-refractivity contribution is 6.02. The van der Waals surface area contributed by atoms with Crippen LogP contribution in [0, 0.1) is 0 Å². The summed E-state index contributed by atoms with van der Waals surface area (Å²) in [5.41, 5.74) is 2.91. The van der Waals surface area contributed by atoms with E-state index >= 15 is 0 Å². The van der Waals surface area contributed by atoms with E-state index in [-0.39, 0.29) is 5.69 Å². The van der Waals surface area contributed by atoms with Gasteiger partial charge < -0.3 is 4.74 Å². The fourth-order valence-electron chi connectivity index (χ4n) is 2.52. The third-order valence-corrected chi connectivity index (χ3v) is 3.73. The lowest BCUT2D eigenvalue weighted by atomic mass is 10.0. The summed E-state index contributed by atoms with van der Waals surface area (Å²) >= 11 is 0. The van der Waals surface area contributed by atoms with E-state index in [4.69, 9.17) is 4.74 Å². The summed E-state index contributed by atoms with van der Waals surface area (Å²) in [6.07, 6.45) is -2.85. The Morgan fingerprint density at radius 3 is 2.56 bits per heavy atom. The molecule has 0 atom stereocenters. The molecule has 3 nitrogen and oxygen atoms in total. The van der Waals surface area contributed by atoms with Crippen molar-refractivity contribution < 1.29 is 17.9 Å². The van der Waals surface area contributed by atoms with Crippen molar-refractivity contribution in [1.29, 1.82) is 0 Å². The Balaban J connectivity index is 1.89. The van der Waals surface area contributed by atoms with Crippen LogP contribution in [0.3, 0.4) is 0 Å². The molecule has 0 radical (unpaired) electrons. The molecule has 0 aliphatic carbocycles. The summed E-state index contributed by atoms with van der Waals surface area (Å²) in [5.74, 6) is 0.633. The van der Waals surface area contributed by atoms with Gasteiger partial charge in [-0.2, -0.15) is 18.3 Å². The minimum Gasteiger partial charge on any atom is -0.496 e. The number of alkyl halides is 3. The fourth-order valence-corrected chi connectivity index (χ4v) is 2.52. The highest BCUT2D eigenvalue weighted by Gasteiger charge is 2.30. The van der Waals surface area contributed by atoms with Crippen LogP contribution < -0.4 is 10.2 Å². The molecule has 0 amide bonds. The van der Waals surface area contributed by atoms with E-state index in [9.17, 15) is 13.2 Å². The smallest absolute Gasteiger partial charge is 0.416 e. The maximum atomic E-state index is 12.7. The highest BCUT2D eigenvalue weighted by Crippen LogP contribution is 2.31. The molecule has 3 rings (SSSR count). The summed E-state index contributed by atoms with van der Waals surface area (Å²) in [5, 5.41) is 6.03. The maximum Gasteiger partial charge on any atom is 0.416 e. The van der Waals surface area contributed by atoms with Gasteiger partial charge in [0.25, 0.3) is 0 Å². The third-order valence-electron chi connectivity index (χ3n) is 3.73. The van der Waals surface area contributed by atoms with Crippen LogP contribution in [0.2, 0.25) is 0 Å². The minimum absolute atomic E-state index is 0.255. The Labute approximate surface area is 142 Å². The molecule has 0 aliphatic heterocycles. The van der Waals surface area contributed by atoms with Crippen LogP contribution in [-0.4, -0.2) is 13.3 Å². The number of hydrogen-bond acceptors (Lipinski definition) is 3. The molecule has 3 aromatic rings. The zero-order valence-corrected chi connectivity index (χ0v) is 13.3. The number of methoxy groups -OCH3 is 1. The molecular weight excluding hydrogens is 329 g/mol. The standard InChI is InChI=1S/C19H15F3N2O/c1-25-18-10-9-13-5-2-3-8-16(13)17(18)12-23-24-15-7-4-6-14(11-15)19(20,21)22/h2-12,24H,1H3. The summed E-state index contributed by atoms with van der Waals surface area (Å²) in [4.78, 5) is 0. The largest absolute Gasteiger partial charge is 0.496 e. The fraction of sp³-hybridized carbons (Fsp3) is 0.105. The van der Waals surface area contributed by atoms with E-state index in [0.717, 1.165) is 28.5 Å². The molecule has 128 valence electrons. The van der Waals surface area contributed by atoms with Crippen molar-refractivity contribution in [3.8, 4) is 5.75 Å². The van der Waals surface area contributed by atoms with Crippen molar-refractivity contribution in [3.05, 3.63) is 71.8 Å². The van der Waals surface area contributed by atoms with Crippen LogP contribution in [0.15, 0.2) is 65.8 Å². The molecule has 3 aromatic carbocycles. The van der Waals surface area contributed by atoms with Crippen LogP contribution in [0.4, 0.5) is 18.9 Å². The monoisotopic (exact) mass is 344 g/mol. The lowest BCUT2D eigenvalue weighted by molar-refractivity contribution is -0.137. The highest BCUT2D eigenvalue weighted by atomic mass is 19.4. The second-order valence-electron chi connectivity index (χ2n) is 5.35. The number of nitrogens with one attached hydrogen (secondary N) is 1. The number of ether oxygens (including phenoxy) is 1. The molecule has 0 bridgehead atoms. The van der Waals surface area contributed by atoms with Gasteiger partial charge in [0.15, 0.2) is 0 Å². The third kappa shape index (κ3) is 3.74. The lowest BCUT2D eigenvalue weighted by Gasteiger charge is -2.09. The van der Waals surface area contributed by atoms with Crippen molar-refractivity contribution in [1.82, 2.24) is 0 Å². The molecule has 0 unspecified atom stereocenters. The number of fused-ring (bicyclic) bond motifs is 1. The molecular formula is C19H15F3N2O. The Hall–Kier alpha value is -3.02. The van der Waals surface area contributed by atoms with Gasteiger partial charge in [-0.3, -0.25) is 5.43 Å². The number of rotatable bonds is 4. The Morgan fingerprint density at radius 1 is 1.00 bits per heavy atom. The quantitative estimate of drug-likeness (QED) is 0.514. The van der Waals surface area contributed by atoms with Crippen LogP contribution in [0.1, 0.15) is 11.1 Å². The number of halogens is 3. The van der Waals surface area contributed by atoms with Crippen LogP contribution in [0.5, 0.6) is 5.75 Å². The van der Waals surface area contributed by atoms with Gasteiger partial charge in [-0.25, -0.2) is 0 Å². The molecule has 0 saturated carbocycles. The molecule has 0 aromatic heterocycles. The summed E-state index contributed by atoms with van der Waals surface area (Å²) in [6.45, 7) is 0. The number of nitrogens with zero attached hydrogens (tertiary/aromatic N) is 1. The first-order valence-corrected chi connectivity index (χ1v) is 7.51. The summed E-state index contributed by atoms with van der Waals surface area (Å²) in [6, 6.07) is 16.4. The van der Waals surface area contributed by atoms with Gasteiger partial charge in [0.1, 0.15) is 5.75 Å². The SMILES string of the molecule is COc1ccc2ccccc2c1C=NNc1cccc(C(F)(F)F)c1. The first-order valence-electron chi connectivity index (χ1n) is 7.51. The van der Waals surface area contributed by atoms with E-state index in [1.165, 1.54) is 12.1 Å². The van der Waals surface area contributed by atoms with Gasteiger partial charge in [-0.15, -0.1) is 0 Å². The number of benzene rings is 3. The molecule has 0 heterocycles. The Kier molecular flexibility index (Phi) is 4.61. The average Bonchev–Trinajstić information content (AvgIpc) is 2.61. The molecule has 6 heteroatoms. The first-order chi connectivity index (χ1) is 12.0. The first kappa shape index (κ1) is 16.8. The van der Waals surface area contributed by atoms with Crippen LogP contribution >= 0.6 is 0 Å². The zero-order chi connectivity index (χ0) is 17.9. The van der Waals surface area contributed by atoms with Gasteiger partial charge in [0.05, 0.1) is 24.6 Å². The predicted molar refractivity (Wildman–Crippen MR) is 93.2 cm³/mol. The Morgan fingerprint density at radius 2 is 1.80 bits per heavy atom. The summed E-state index contributed by atoms with van der Waals surface area (Å²) < 4.78 is 43.6. The van der Waals surface area contributed by atoms with E-state index in [1.807, 2.05) is 36.4 Å². The molecule has 0 fully saturated rings. The van der Waals surface area contributed by atoms with Crippen molar-refractivity contribution >= 4 is 22.7 Å². The molecule has 0 saturated heterocycles. The molecule has 0 spiro atoms. The van der Waals surface area contributed by atoms with Crippen molar-refractivity contribution in [3.63, 3.8) is 0 Å². The average molecular weight is 344 g/mol. The van der Waals surface area contributed by atoms with Crippen molar-refractivity contribution in [2.24, 2.45) is 5.10 Å². The molecule has 25 heavy (non-hydrogen) atoms. The maximum absolute atomic E-state index is 12.7. The van der Waals surface area contributed by atoms with E-state index in [0.29, 0.717) is 5.75 Å². The number of hydrazone groups is 1. The van der Waals surface area contributed by atoms with Crippen molar-refractivity contribution in [2.45, 2.75) is 6.18 Å². The van der Waals surface area contributed by atoms with Gasteiger partial charge in [0, 0.05) is 5.56 Å². The lowest BCUT2D eigenvalue weighted by Crippen LogP contribution is -2.05. The minimum atomic E-state index is -4.39. The van der Waals surface area contributed by atoms with Crippen LogP contribution in [0.25, 0.3) is 10.8 Å². The van der Waals surface area contributed by atoms with Gasteiger partial charge in [-0.05, 0) is 35.0 Å². The van der Waals surface area contributed by atoms with Gasteiger partial charge in [-0.1, -0.05) is 36.4 Å². The second kappa shape index (κ2) is 6.84. The predicted octanol–water partition coefficient (Wildman–Crippen LogP) is 5.31. The van der Waals surface area contributed by atoms with Crippen molar-refractivity contribution in [2.75, 3.05) is 12.5 Å². The topological polar surface area (TPSA) is 33.6 Å². The Bertz CT molecular complexity index is 920. The van der Waals surface area contributed by atoms with E-state index in [2.05, 4.69) is 10.5 Å². The van der Waals surface area contributed by atoms with Gasteiger partial charge in [0.2, 0.25) is 0 Å². The number of hydrogen-bond donors (Lipinski definition) is 1. The number of anilines is 1. The molecule has 0 aliphatic rings. The second-order valence-corrected chi connectivity index (χ2v) is 5.35. The molecule has 1 N–H and O–H groups in total. The van der Waals surface area contributed by atoms with Crippen LogP contribution in [-0.2, 0) is 6.18 Å². The van der Waals surface area contributed by atoms with Gasteiger partial charge >= 0.3 is 6.18 Å². The normalized spacial score (nSPS) is 11.8.